The second-order valence-electron chi connectivity index (χ2n) is 6.62. The largest absolute Gasteiger partial charge is 0.490 e. The number of hydrogen-bond donors (Lipinski definition) is 2. The lowest BCUT2D eigenvalue weighted by atomic mass is 9.98. The van der Waals surface area contributed by atoms with Gasteiger partial charge in [-0.2, -0.15) is 0 Å². The molecule has 3 N–H and O–H groups in total. The van der Waals surface area contributed by atoms with Crippen LogP contribution in [0.2, 0.25) is 0 Å². The van der Waals surface area contributed by atoms with Crippen molar-refractivity contribution in [2.45, 2.75) is 58.6 Å². The number of ether oxygens (including phenoxy) is 1. The highest BCUT2D eigenvalue weighted by atomic mass is 16.5. The molecule has 0 saturated heterocycles. The molecule has 0 aliphatic rings. The van der Waals surface area contributed by atoms with Gasteiger partial charge >= 0.3 is 0 Å². The fourth-order valence-corrected chi connectivity index (χ4v) is 1.98. The molecule has 0 aliphatic heterocycles. The van der Waals surface area contributed by atoms with E-state index in [0.29, 0.717) is 19.1 Å². The van der Waals surface area contributed by atoms with E-state index in [1.807, 2.05) is 18.2 Å². The number of aliphatic hydroxyl groups is 1. The SMILES string of the molecule is CC[C@H](C)c1ccccc1OC[C@H](O)C[NH2+]C(C)(C)C. The Morgan fingerprint density at radius 2 is 1.90 bits per heavy atom. The predicted octanol–water partition coefficient (Wildman–Crippen LogP) is 2.30. The maximum absolute atomic E-state index is 10.0. The summed E-state index contributed by atoms with van der Waals surface area (Å²) in [5.74, 6) is 1.38. The highest BCUT2D eigenvalue weighted by Gasteiger charge is 2.17. The smallest absolute Gasteiger partial charge is 0.137 e. The molecule has 0 unspecified atom stereocenters. The van der Waals surface area contributed by atoms with Gasteiger partial charge in [0.15, 0.2) is 0 Å². The quantitative estimate of drug-likeness (QED) is 0.805. The van der Waals surface area contributed by atoms with E-state index in [9.17, 15) is 5.11 Å². The van der Waals surface area contributed by atoms with Gasteiger partial charge < -0.3 is 15.2 Å². The standard InChI is InChI=1S/C17H29NO2/c1-6-13(2)15-9-7-8-10-16(15)20-12-14(19)11-18-17(3,4)5/h7-10,13-14,18-19H,6,11-12H2,1-5H3/p+1/t13-,14+/m0/s1. The van der Waals surface area contributed by atoms with Gasteiger partial charge in [0.05, 0.1) is 5.54 Å². The summed E-state index contributed by atoms with van der Waals surface area (Å²) in [6.45, 7) is 11.8. The van der Waals surface area contributed by atoms with Gasteiger partial charge in [-0.05, 0) is 44.7 Å². The summed E-state index contributed by atoms with van der Waals surface area (Å²) in [6, 6.07) is 8.12. The van der Waals surface area contributed by atoms with Crippen molar-refractivity contribution in [1.82, 2.24) is 0 Å². The molecule has 114 valence electrons. The van der Waals surface area contributed by atoms with Crippen molar-refractivity contribution in [3.05, 3.63) is 29.8 Å². The van der Waals surface area contributed by atoms with E-state index in [4.69, 9.17) is 4.74 Å². The topological polar surface area (TPSA) is 46.1 Å². The van der Waals surface area contributed by atoms with Crippen molar-refractivity contribution in [3.8, 4) is 5.75 Å². The lowest BCUT2D eigenvalue weighted by Gasteiger charge is -2.20. The van der Waals surface area contributed by atoms with Crippen LogP contribution in [0.4, 0.5) is 0 Å². The first-order valence-electron chi connectivity index (χ1n) is 7.57. The summed E-state index contributed by atoms with van der Waals surface area (Å²) in [5, 5.41) is 12.1. The van der Waals surface area contributed by atoms with E-state index in [1.165, 1.54) is 5.56 Å². The van der Waals surface area contributed by atoms with Crippen LogP contribution < -0.4 is 10.1 Å². The van der Waals surface area contributed by atoms with E-state index in [0.717, 1.165) is 12.2 Å². The van der Waals surface area contributed by atoms with Crippen LogP contribution in [0.25, 0.3) is 0 Å². The fraction of sp³-hybridized carbons (Fsp3) is 0.647. The summed E-state index contributed by atoms with van der Waals surface area (Å²) in [4.78, 5) is 0. The highest BCUT2D eigenvalue weighted by Crippen LogP contribution is 2.28. The summed E-state index contributed by atoms with van der Waals surface area (Å²) >= 11 is 0. The van der Waals surface area contributed by atoms with Crippen molar-refractivity contribution >= 4 is 0 Å². The second-order valence-corrected chi connectivity index (χ2v) is 6.62. The maximum atomic E-state index is 10.0. The molecule has 0 bridgehead atoms. The molecule has 1 aromatic carbocycles. The first kappa shape index (κ1) is 17.0. The Bertz CT molecular complexity index is 398. The lowest BCUT2D eigenvalue weighted by molar-refractivity contribution is -0.722. The van der Waals surface area contributed by atoms with Crippen LogP contribution >= 0.6 is 0 Å². The number of aliphatic hydroxyl groups excluding tert-OH is 1. The zero-order valence-corrected chi connectivity index (χ0v) is 13.5. The Morgan fingerprint density at radius 3 is 2.50 bits per heavy atom. The first-order chi connectivity index (χ1) is 9.33. The van der Waals surface area contributed by atoms with Gasteiger partial charge in [0.1, 0.15) is 25.0 Å². The molecule has 1 aromatic rings. The summed E-state index contributed by atoms with van der Waals surface area (Å²) in [6.07, 6.45) is 0.639. The molecule has 0 fully saturated rings. The van der Waals surface area contributed by atoms with Crippen molar-refractivity contribution in [2.24, 2.45) is 0 Å². The zero-order chi connectivity index (χ0) is 15.2. The normalized spacial score (nSPS) is 14.9. The fourth-order valence-electron chi connectivity index (χ4n) is 1.98. The molecule has 0 amide bonds. The molecule has 0 heterocycles. The number of quaternary nitrogens is 1. The molecule has 0 aliphatic carbocycles. The van der Waals surface area contributed by atoms with Crippen LogP contribution in [0.15, 0.2) is 24.3 Å². The van der Waals surface area contributed by atoms with Crippen LogP contribution in [-0.2, 0) is 0 Å². The average Bonchev–Trinajstić information content (AvgIpc) is 2.41. The second kappa shape index (κ2) is 7.65. The van der Waals surface area contributed by atoms with Crippen LogP contribution in [0.1, 0.15) is 52.5 Å². The maximum Gasteiger partial charge on any atom is 0.137 e. The number of rotatable bonds is 7. The van der Waals surface area contributed by atoms with Gasteiger partial charge in [0.25, 0.3) is 0 Å². The van der Waals surface area contributed by atoms with Gasteiger partial charge in [0.2, 0.25) is 0 Å². The Labute approximate surface area is 123 Å². The number of hydrogen-bond acceptors (Lipinski definition) is 2. The number of para-hydroxylation sites is 1. The molecule has 3 nitrogen and oxygen atoms in total. The first-order valence-corrected chi connectivity index (χ1v) is 7.57. The minimum atomic E-state index is -0.445. The molecule has 20 heavy (non-hydrogen) atoms. The monoisotopic (exact) mass is 280 g/mol. The molecule has 0 spiro atoms. The van der Waals surface area contributed by atoms with Crippen molar-refractivity contribution < 1.29 is 15.2 Å². The van der Waals surface area contributed by atoms with E-state index in [2.05, 4.69) is 46.0 Å². The van der Waals surface area contributed by atoms with E-state index in [-0.39, 0.29) is 5.54 Å². The zero-order valence-electron chi connectivity index (χ0n) is 13.5. The third-order valence-electron chi connectivity index (χ3n) is 3.50. The van der Waals surface area contributed by atoms with Crippen molar-refractivity contribution in [3.63, 3.8) is 0 Å². The van der Waals surface area contributed by atoms with Crippen molar-refractivity contribution in [1.29, 1.82) is 0 Å². The van der Waals surface area contributed by atoms with Gasteiger partial charge in [-0.1, -0.05) is 32.0 Å². The third-order valence-corrected chi connectivity index (χ3v) is 3.50. The molecule has 0 radical (unpaired) electrons. The van der Waals surface area contributed by atoms with E-state index in [1.54, 1.807) is 0 Å². The minimum absolute atomic E-state index is 0.135. The molecule has 3 heteroatoms. The van der Waals surface area contributed by atoms with Gasteiger partial charge in [-0.25, -0.2) is 0 Å². The number of benzene rings is 1. The Morgan fingerprint density at radius 1 is 1.25 bits per heavy atom. The molecule has 0 aromatic heterocycles. The Balaban J connectivity index is 2.53. The van der Waals surface area contributed by atoms with Gasteiger partial charge in [0, 0.05) is 0 Å². The van der Waals surface area contributed by atoms with Gasteiger partial charge in [-0.15, -0.1) is 0 Å². The van der Waals surface area contributed by atoms with Crippen LogP contribution in [-0.4, -0.2) is 29.9 Å². The van der Waals surface area contributed by atoms with Crippen LogP contribution in [0, 0.1) is 0 Å². The van der Waals surface area contributed by atoms with E-state index < -0.39 is 6.10 Å². The Hall–Kier alpha value is -1.06. The van der Waals surface area contributed by atoms with Gasteiger partial charge in [-0.3, -0.25) is 0 Å². The summed E-state index contributed by atoms with van der Waals surface area (Å²) in [5.41, 5.74) is 1.36. The van der Waals surface area contributed by atoms with Crippen LogP contribution in [0.3, 0.4) is 0 Å². The Kier molecular flexibility index (Phi) is 6.50. The molecule has 0 saturated carbocycles. The van der Waals surface area contributed by atoms with Crippen molar-refractivity contribution in [2.75, 3.05) is 13.2 Å². The van der Waals surface area contributed by atoms with E-state index >= 15 is 0 Å². The minimum Gasteiger partial charge on any atom is -0.490 e. The predicted molar refractivity (Wildman–Crippen MR) is 83.2 cm³/mol. The lowest BCUT2D eigenvalue weighted by Crippen LogP contribution is -2.96. The molecule has 1 rings (SSSR count). The third kappa shape index (κ3) is 5.93. The number of nitrogens with two attached hydrogens (primary N) is 1. The molecule has 2 atom stereocenters. The molecular weight excluding hydrogens is 250 g/mol. The summed E-state index contributed by atoms with van der Waals surface area (Å²) < 4.78 is 5.82. The van der Waals surface area contributed by atoms with Crippen LogP contribution in [0.5, 0.6) is 5.75 Å². The molecular formula is C17H30NO2+. The average molecular weight is 280 g/mol. The highest BCUT2D eigenvalue weighted by molar-refractivity contribution is 5.35. The summed E-state index contributed by atoms with van der Waals surface area (Å²) in [7, 11) is 0.